The van der Waals surface area contributed by atoms with Crippen molar-refractivity contribution in [1.29, 1.82) is 0 Å². The number of nitrogens with zero attached hydrogens (tertiary/aromatic N) is 3. The highest BCUT2D eigenvalue weighted by Crippen LogP contribution is 2.35. The Morgan fingerprint density at radius 2 is 1.85 bits per heavy atom. The highest BCUT2D eigenvalue weighted by molar-refractivity contribution is 8.00. The lowest BCUT2D eigenvalue weighted by molar-refractivity contribution is -0.115. The van der Waals surface area contributed by atoms with Crippen LogP contribution in [-0.2, 0) is 16.8 Å². The van der Waals surface area contributed by atoms with E-state index in [1.807, 2.05) is 69.3 Å². The van der Waals surface area contributed by atoms with Crippen LogP contribution in [0.25, 0.3) is 10.9 Å². The van der Waals surface area contributed by atoms with Crippen molar-refractivity contribution >= 4 is 40.1 Å². The lowest BCUT2D eigenvalue weighted by atomic mass is 10.1. The van der Waals surface area contributed by atoms with Gasteiger partial charge in [-0.25, -0.2) is 4.39 Å². The van der Waals surface area contributed by atoms with Gasteiger partial charge >= 0.3 is 0 Å². The normalized spacial score (nSPS) is 11.4. The zero-order valence-electron chi connectivity index (χ0n) is 22.7. The Morgan fingerprint density at radius 3 is 2.58 bits per heavy atom. The highest BCUT2D eigenvalue weighted by atomic mass is 32.2. The molecule has 0 fully saturated rings. The van der Waals surface area contributed by atoms with Crippen molar-refractivity contribution in [2.75, 3.05) is 10.0 Å². The number of benzene rings is 3. The number of pyridine rings is 1. The molecular formula is C31H30FN5O2S. The van der Waals surface area contributed by atoms with E-state index in [0.717, 1.165) is 21.5 Å². The topological polar surface area (TPSA) is 81.1 Å². The first-order valence-corrected chi connectivity index (χ1v) is 13.7. The predicted molar refractivity (Wildman–Crippen MR) is 158 cm³/mol. The lowest BCUT2D eigenvalue weighted by Crippen LogP contribution is -2.22. The van der Waals surface area contributed by atoms with Crippen LogP contribution >= 0.6 is 11.9 Å². The van der Waals surface area contributed by atoms with Crippen molar-refractivity contribution < 1.29 is 13.9 Å². The Kier molecular flexibility index (Phi) is 7.75. The molecule has 2 aromatic heterocycles. The van der Waals surface area contributed by atoms with Crippen molar-refractivity contribution in [1.82, 2.24) is 14.8 Å². The summed E-state index contributed by atoms with van der Waals surface area (Å²) in [7, 11) is 0. The van der Waals surface area contributed by atoms with Crippen LogP contribution in [0.1, 0.15) is 31.9 Å². The molecule has 5 rings (SSSR count). The summed E-state index contributed by atoms with van der Waals surface area (Å²) in [6.07, 6.45) is 5.04. The van der Waals surface area contributed by atoms with Crippen LogP contribution in [-0.4, -0.2) is 20.7 Å². The van der Waals surface area contributed by atoms with Gasteiger partial charge in [-0.15, -0.1) is 0 Å². The van der Waals surface area contributed by atoms with Gasteiger partial charge < -0.3 is 14.8 Å². The molecule has 0 atom stereocenters. The molecule has 204 valence electrons. The monoisotopic (exact) mass is 555 g/mol. The van der Waals surface area contributed by atoms with E-state index in [0.29, 0.717) is 22.6 Å². The van der Waals surface area contributed by atoms with E-state index >= 15 is 4.39 Å². The summed E-state index contributed by atoms with van der Waals surface area (Å²) in [6.45, 7) is 7.84. The summed E-state index contributed by atoms with van der Waals surface area (Å²) >= 11 is 1.50. The van der Waals surface area contributed by atoms with Crippen molar-refractivity contribution in [3.05, 3.63) is 102 Å². The molecule has 7 nitrogen and oxygen atoms in total. The molecule has 0 radical (unpaired) electrons. The number of rotatable bonds is 8. The van der Waals surface area contributed by atoms with E-state index in [4.69, 9.17) is 4.74 Å². The van der Waals surface area contributed by atoms with Crippen molar-refractivity contribution in [3.8, 4) is 11.5 Å². The molecule has 0 aliphatic rings. The van der Waals surface area contributed by atoms with Crippen LogP contribution in [0.4, 0.5) is 15.8 Å². The number of amides is 1. The third-order valence-corrected chi connectivity index (χ3v) is 7.00. The van der Waals surface area contributed by atoms with Gasteiger partial charge in [-0.2, -0.15) is 5.10 Å². The van der Waals surface area contributed by atoms with Gasteiger partial charge in [0.15, 0.2) is 11.6 Å². The fourth-order valence-corrected chi connectivity index (χ4v) is 4.82. The second-order valence-electron chi connectivity index (χ2n) is 10.5. The predicted octanol–water partition coefficient (Wildman–Crippen LogP) is 7.73. The van der Waals surface area contributed by atoms with Crippen molar-refractivity contribution in [2.24, 2.45) is 0 Å². The van der Waals surface area contributed by atoms with Gasteiger partial charge in [0.25, 0.3) is 0 Å². The summed E-state index contributed by atoms with van der Waals surface area (Å²) in [6, 6.07) is 20.6. The molecule has 9 heteroatoms. The molecule has 2 N–H and O–H groups in total. The summed E-state index contributed by atoms with van der Waals surface area (Å²) < 4.78 is 26.5. The van der Waals surface area contributed by atoms with E-state index in [9.17, 15) is 4.79 Å². The smallest absolute Gasteiger partial charge is 0.228 e. The minimum atomic E-state index is -0.540. The molecule has 0 unspecified atom stereocenters. The van der Waals surface area contributed by atoms with Crippen LogP contribution < -0.4 is 14.8 Å². The SMILES string of the molecule is Cc1cc(CC(=O)Nc2cnn(C(C)(C)C)c2)cc(F)c1Oc1ccnc2ccc(NSc3ccccc3)cc12. The quantitative estimate of drug-likeness (QED) is 0.191. The minimum Gasteiger partial charge on any atom is -0.453 e. The highest BCUT2D eigenvalue weighted by Gasteiger charge is 2.17. The second-order valence-corrected chi connectivity index (χ2v) is 11.3. The number of hydrogen-bond donors (Lipinski definition) is 2. The largest absolute Gasteiger partial charge is 0.453 e. The first-order chi connectivity index (χ1) is 19.2. The Hall–Kier alpha value is -4.37. The van der Waals surface area contributed by atoms with Gasteiger partial charge in [-0.1, -0.05) is 24.3 Å². The Morgan fingerprint density at radius 1 is 1.05 bits per heavy atom. The van der Waals surface area contributed by atoms with Gasteiger partial charge in [0, 0.05) is 28.4 Å². The standard InChI is InChI=1S/C31H30FN5O2S/c1-20-14-21(16-29(38)35-23-18-34-37(19-23)31(2,3)4)15-26(32)30(20)39-28-12-13-33-27-11-10-22(17-25(27)28)36-40-24-8-6-5-7-9-24/h5-15,17-19,36H,16H2,1-4H3,(H,35,38). The molecule has 40 heavy (non-hydrogen) atoms. The summed E-state index contributed by atoms with van der Waals surface area (Å²) in [5, 5.41) is 7.88. The van der Waals surface area contributed by atoms with E-state index in [2.05, 4.69) is 20.1 Å². The number of aromatic nitrogens is 3. The zero-order chi connectivity index (χ0) is 28.3. The first kappa shape index (κ1) is 27.2. The van der Waals surface area contributed by atoms with Crippen LogP contribution in [0.15, 0.2) is 90.2 Å². The number of ether oxygens (including phenoxy) is 1. The van der Waals surface area contributed by atoms with Gasteiger partial charge in [0.1, 0.15) is 5.75 Å². The van der Waals surface area contributed by atoms with Gasteiger partial charge in [0.05, 0.1) is 29.4 Å². The van der Waals surface area contributed by atoms with Crippen LogP contribution in [0.3, 0.4) is 0 Å². The molecule has 0 aliphatic carbocycles. The summed E-state index contributed by atoms with van der Waals surface area (Å²) in [4.78, 5) is 18.2. The Labute approximate surface area is 236 Å². The zero-order valence-corrected chi connectivity index (χ0v) is 23.6. The van der Waals surface area contributed by atoms with Crippen LogP contribution in [0.5, 0.6) is 11.5 Å². The third-order valence-electron chi connectivity index (χ3n) is 6.15. The number of hydrogen-bond acceptors (Lipinski definition) is 6. The maximum Gasteiger partial charge on any atom is 0.228 e. The van der Waals surface area contributed by atoms with Crippen LogP contribution in [0.2, 0.25) is 0 Å². The third kappa shape index (κ3) is 6.43. The van der Waals surface area contributed by atoms with E-state index in [-0.39, 0.29) is 23.6 Å². The lowest BCUT2D eigenvalue weighted by Gasteiger charge is -2.18. The number of carbonyl (C=O) groups is 1. The fourth-order valence-electron chi connectivity index (χ4n) is 4.17. The van der Waals surface area contributed by atoms with E-state index < -0.39 is 5.82 Å². The van der Waals surface area contributed by atoms with Gasteiger partial charge in [0.2, 0.25) is 5.91 Å². The molecule has 5 aromatic rings. The van der Waals surface area contributed by atoms with Gasteiger partial charge in [-0.3, -0.25) is 14.5 Å². The number of anilines is 2. The molecule has 0 bridgehead atoms. The Bertz CT molecular complexity index is 1640. The first-order valence-electron chi connectivity index (χ1n) is 12.8. The second kappa shape index (κ2) is 11.4. The maximum absolute atomic E-state index is 15.3. The minimum absolute atomic E-state index is 0.0189. The van der Waals surface area contributed by atoms with E-state index in [1.54, 1.807) is 42.3 Å². The van der Waals surface area contributed by atoms with Gasteiger partial charge in [-0.05, 0) is 93.2 Å². The van der Waals surface area contributed by atoms with E-state index in [1.165, 1.54) is 18.0 Å². The molecule has 3 aromatic carbocycles. The Balaban J connectivity index is 1.31. The molecule has 2 heterocycles. The number of fused-ring (bicyclic) bond motifs is 1. The number of halogens is 1. The molecule has 0 saturated carbocycles. The number of aryl methyl sites for hydroxylation is 1. The van der Waals surface area contributed by atoms with Crippen molar-refractivity contribution in [2.45, 2.75) is 44.6 Å². The fraction of sp³-hybridized carbons (Fsp3) is 0.194. The number of nitrogens with one attached hydrogen (secondary N) is 2. The summed E-state index contributed by atoms with van der Waals surface area (Å²) in [5.41, 5.74) is 3.13. The maximum atomic E-state index is 15.3. The average Bonchev–Trinajstić information content (AvgIpc) is 3.39. The molecule has 0 aliphatic heterocycles. The molecule has 1 amide bonds. The van der Waals surface area contributed by atoms with Crippen molar-refractivity contribution in [3.63, 3.8) is 0 Å². The molecular weight excluding hydrogens is 525 g/mol. The van der Waals surface area contributed by atoms with Crippen LogP contribution in [0, 0.1) is 12.7 Å². The molecule has 0 saturated heterocycles. The average molecular weight is 556 g/mol. The molecule has 0 spiro atoms. The summed E-state index contributed by atoms with van der Waals surface area (Å²) in [5.74, 6) is -0.196. The number of carbonyl (C=O) groups excluding carboxylic acids is 1.